The third kappa shape index (κ3) is 3.74. The summed E-state index contributed by atoms with van der Waals surface area (Å²) >= 11 is 0. The normalized spacial score (nSPS) is 11.9. The number of nitrogens with one attached hydrogen (secondary N) is 1. The van der Waals surface area contributed by atoms with E-state index in [0.29, 0.717) is 17.2 Å². The molecular weight excluding hydrogens is 230 g/mol. The van der Waals surface area contributed by atoms with Gasteiger partial charge in [-0.15, -0.1) is 0 Å². The van der Waals surface area contributed by atoms with E-state index in [1.807, 2.05) is 13.0 Å². The number of hydrogen-bond donors (Lipinski definition) is 1. The van der Waals surface area contributed by atoms with E-state index in [-0.39, 0.29) is 11.7 Å². The monoisotopic (exact) mass is 247 g/mol. The van der Waals surface area contributed by atoms with Crippen molar-refractivity contribution >= 4 is 11.4 Å². The van der Waals surface area contributed by atoms with Gasteiger partial charge in [0.25, 0.3) is 5.69 Å². The van der Waals surface area contributed by atoms with Crippen LogP contribution in [-0.2, 0) is 0 Å². The third-order valence-corrected chi connectivity index (χ3v) is 2.56. The van der Waals surface area contributed by atoms with Gasteiger partial charge in [0.2, 0.25) is 0 Å². The lowest BCUT2D eigenvalue weighted by Crippen LogP contribution is -2.18. The number of rotatable bonds is 5. The van der Waals surface area contributed by atoms with Gasteiger partial charge in [-0.3, -0.25) is 10.1 Å². The fourth-order valence-corrected chi connectivity index (χ4v) is 1.90. The molecule has 0 amide bonds. The summed E-state index contributed by atoms with van der Waals surface area (Å²) in [6, 6.07) is 6.50. The first-order chi connectivity index (χ1) is 8.43. The van der Waals surface area contributed by atoms with Crippen molar-refractivity contribution in [3.05, 3.63) is 33.9 Å². The first-order valence-corrected chi connectivity index (χ1v) is 5.89. The summed E-state index contributed by atoms with van der Waals surface area (Å²) in [6.07, 6.45) is 0.974. The second-order valence-corrected chi connectivity index (χ2v) is 4.77. The van der Waals surface area contributed by atoms with Crippen LogP contribution in [0.3, 0.4) is 0 Å². The van der Waals surface area contributed by atoms with Gasteiger partial charge >= 0.3 is 0 Å². The lowest BCUT2D eigenvalue weighted by atomic mass is 10.0. The number of benzene rings is 1. The highest BCUT2D eigenvalue weighted by atomic mass is 16.6. The number of nitriles is 1. The smallest absolute Gasteiger partial charge is 0.270 e. The summed E-state index contributed by atoms with van der Waals surface area (Å²) < 4.78 is 0. The molecule has 5 nitrogen and oxygen atoms in total. The Labute approximate surface area is 107 Å². The first kappa shape index (κ1) is 14.0. The van der Waals surface area contributed by atoms with E-state index >= 15 is 0 Å². The first-order valence-electron chi connectivity index (χ1n) is 5.89. The molecule has 0 spiro atoms. The molecule has 0 fully saturated rings. The fraction of sp³-hybridized carbons (Fsp3) is 0.462. The van der Waals surface area contributed by atoms with Gasteiger partial charge in [-0.2, -0.15) is 5.26 Å². The van der Waals surface area contributed by atoms with Gasteiger partial charge in [-0.05, 0) is 25.3 Å². The molecule has 1 N–H and O–H groups in total. The van der Waals surface area contributed by atoms with Crippen LogP contribution in [-0.4, -0.2) is 11.0 Å². The van der Waals surface area contributed by atoms with Crippen LogP contribution in [0.25, 0.3) is 0 Å². The van der Waals surface area contributed by atoms with Crippen LogP contribution in [0.2, 0.25) is 0 Å². The van der Waals surface area contributed by atoms with Crippen molar-refractivity contribution < 1.29 is 4.92 Å². The molecule has 0 aliphatic carbocycles. The highest BCUT2D eigenvalue weighted by molar-refractivity contribution is 5.61. The zero-order valence-electron chi connectivity index (χ0n) is 10.8. The Hall–Kier alpha value is -2.09. The molecule has 1 aromatic carbocycles. The van der Waals surface area contributed by atoms with E-state index in [4.69, 9.17) is 5.26 Å². The van der Waals surface area contributed by atoms with Gasteiger partial charge < -0.3 is 5.32 Å². The summed E-state index contributed by atoms with van der Waals surface area (Å²) in [5.74, 6) is 0.552. The topological polar surface area (TPSA) is 79.0 Å². The Balaban J connectivity index is 2.90. The van der Waals surface area contributed by atoms with E-state index in [1.165, 1.54) is 12.1 Å². The van der Waals surface area contributed by atoms with Crippen molar-refractivity contribution in [3.8, 4) is 6.07 Å². The van der Waals surface area contributed by atoms with Gasteiger partial charge in [0, 0.05) is 18.2 Å². The molecular formula is C13H17N3O2. The van der Waals surface area contributed by atoms with Crippen LogP contribution in [0.15, 0.2) is 18.2 Å². The molecule has 18 heavy (non-hydrogen) atoms. The molecule has 0 bridgehead atoms. The summed E-state index contributed by atoms with van der Waals surface area (Å²) in [5.41, 5.74) is 0.893. The molecule has 1 unspecified atom stereocenters. The van der Waals surface area contributed by atoms with Crippen molar-refractivity contribution in [1.82, 2.24) is 0 Å². The number of hydrogen-bond acceptors (Lipinski definition) is 4. The van der Waals surface area contributed by atoms with Crippen LogP contribution >= 0.6 is 0 Å². The predicted octanol–water partition coefficient (Wildman–Crippen LogP) is 3.31. The molecule has 0 heterocycles. The molecule has 1 atom stereocenters. The Bertz CT molecular complexity index is 478. The summed E-state index contributed by atoms with van der Waals surface area (Å²) in [6.45, 7) is 6.28. The molecule has 0 aliphatic rings. The number of nitro benzene ring substituents is 1. The summed E-state index contributed by atoms with van der Waals surface area (Å²) in [7, 11) is 0. The quantitative estimate of drug-likeness (QED) is 0.639. The number of non-ortho nitro benzene ring substituents is 1. The average molecular weight is 247 g/mol. The van der Waals surface area contributed by atoms with E-state index in [9.17, 15) is 10.1 Å². The third-order valence-electron chi connectivity index (χ3n) is 2.56. The zero-order chi connectivity index (χ0) is 13.7. The number of nitrogens with zero attached hydrogens (tertiary/aromatic N) is 2. The average Bonchev–Trinajstić information content (AvgIpc) is 2.27. The minimum atomic E-state index is -0.498. The largest absolute Gasteiger partial charge is 0.382 e. The van der Waals surface area contributed by atoms with Gasteiger partial charge in [0.05, 0.1) is 16.2 Å². The summed E-state index contributed by atoms with van der Waals surface area (Å²) in [4.78, 5) is 10.1. The van der Waals surface area contributed by atoms with Crippen molar-refractivity contribution in [2.24, 2.45) is 5.92 Å². The standard InChI is InChI=1S/C13H17N3O2/c1-9(2)6-10(3)15-13-5-4-12(16(17)18)7-11(13)8-14/h4-5,7,9-10,15H,6H2,1-3H3. The van der Waals surface area contributed by atoms with E-state index in [1.54, 1.807) is 6.07 Å². The van der Waals surface area contributed by atoms with Crippen LogP contribution in [0.1, 0.15) is 32.8 Å². The van der Waals surface area contributed by atoms with Crippen molar-refractivity contribution in [1.29, 1.82) is 5.26 Å². The molecule has 0 aromatic heterocycles. The Morgan fingerprint density at radius 3 is 2.61 bits per heavy atom. The van der Waals surface area contributed by atoms with E-state index < -0.39 is 4.92 Å². The molecule has 96 valence electrons. The second-order valence-electron chi connectivity index (χ2n) is 4.77. The second kappa shape index (κ2) is 6.01. The molecule has 1 rings (SSSR count). The Morgan fingerprint density at radius 2 is 2.11 bits per heavy atom. The SMILES string of the molecule is CC(C)CC(C)Nc1ccc([N+](=O)[O-])cc1C#N. The Kier molecular flexibility index (Phi) is 4.67. The molecule has 1 aromatic rings. The van der Waals surface area contributed by atoms with E-state index in [2.05, 4.69) is 19.2 Å². The maximum absolute atomic E-state index is 10.6. The molecule has 0 saturated carbocycles. The maximum Gasteiger partial charge on any atom is 0.270 e. The minimum absolute atomic E-state index is 0.0615. The van der Waals surface area contributed by atoms with Crippen molar-refractivity contribution in [2.75, 3.05) is 5.32 Å². The van der Waals surface area contributed by atoms with Crippen LogP contribution < -0.4 is 5.32 Å². The van der Waals surface area contributed by atoms with Crippen LogP contribution in [0, 0.1) is 27.4 Å². The van der Waals surface area contributed by atoms with Crippen molar-refractivity contribution in [3.63, 3.8) is 0 Å². The molecule has 0 saturated heterocycles. The maximum atomic E-state index is 10.6. The fourth-order valence-electron chi connectivity index (χ4n) is 1.90. The van der Waals surface area contributed by atoms with Crippen LogP contribution in [0.5, 0.6) is 0 Å². The highest BCUT2D eigenvalue weighted by Crippen LogP contribution is 2.22. The number of nitro groups is 1. The molecule has 0 radical (unpaired) electrons. The zero-order valence-corrected chi connectivity index (χ0v) is 10.8. The van der Waals surface area contributed by atoms with Gasteiger partial charge in [-0.1, -0.05) is 13.8 Å². The lowest BCUT2D eigenvalue weighted by molar-refractivity contribution is -0.384. The Morgan fingerprint density at radius 1 is 1.44 bits per heavy atom. The molecule has 5 heteroatoms. The van der Waals surface area contributed by atoms with Crippen LogP contribution in [0.4, 0.5) is 11.4 Å². The number of anilines is 1. The van der Waals surface area contributed by atoms with Gasteiger partial charge in [0.15, 0.2) is 0 Å². The minimum Gasteiger partial charge on any atom is -0.382 e. The van der Waals surface area contributed by atoms with E-state index in [0.717, 1.165) is 6.42 Å². The highest BCUT2D eigenvalue weighted by Gasteiger charge is 2.12. The predicted molar refractivity (Wildman–Crippen MR) is 70.4 cm³/mol. The van der Waals surface area contributed by atoms with Gasteiger partial charge in [0.1, 0.15) is 6.07 Å². The van der Waals surface area contributed by atoms with Gasteiger partial charge in [-0.25, -0.2) is 0 Å². The van der Waals surface area contributed by atoms with Crippen molar-refractivity contribution in [2.45, 2.75) is 33.2 Å². The summed E-state index contributed by atoms with van der Waals surface area (Å²) in [5, 5.41) is 22.8. The lowest BCUT2D eigenvalue weighted by Gasteiger charge is -2.17. The molecule has 0 aliphatic heterocycles.